The van der Waals surface area contributed by atoms with E-state index in [1.54, 1.807) is 0 Å². The standard InChI is InChI=1S/2C13H13.C2H6Si.2ClH.Ti/c2*1-2-11-8-9-13(10-11)12-6-4-3-5-7-12;1-3-2;;;/h2*3-7,10H,2,9H2,1H3;1-2H3;2*1H;/q2*-1;;;;+2/p-2. The number of allylic oxidation sites excluding steroid dienone is 8. The van der Waals surface area contributed by atoms with Gasteiger partial charge in [-0.3, -0.25) is 12.2 Å². The van der Waals surface area contributed by atoms with Crippen LogP contribution in [0, 0.1) is 12.2 Å². The number of hydrogen-bond donors (Lipinski definition) is 0. The normalized spacial score (nSPS) is 13.4. The van der Waals surface area contributed by atoms with Gasteiger partial charge in [-0.1, -0.05) is 87.4 Å². The van der Waals surface area contributed by atoms with Gasteiger partial charge in [-0.25, -0.2) is 23.3 Å². The van der Waals surface area contributed by atoms with Gasteiger partial charge >= 0.3 is 38.5 Å². The maximum Gasteiger partial charge on any atom is -1.00 e. The molecule has 2 aliphatic carbocycles. The molecule has 2 aromatic rings. The first-order valence-corrected chi connectivity index (χ1v) is 15.6. The summed E-state index contributed by atoms with van der Waals surface area (Å²) in [5, 5.41) is 0. The molecule has 0 aromatic heterocycles. The van der Waals surface area contributed by atoms with E-state index >= 15 is 0 Å². The Bertz CT molecular complexity index is 864. The maximum absolute atomic E-state index is 3.38. The van der Waals surface area contributed by atoms with Crippen molar-refractivity contribution in [3.63, 3.8) is 0 Å². The third-order valence-electron chi connectivity index (χ3n) is 4.76. The number of hydrogen-bond acceptors (Lipinski definition) is 0. The second-order valence-corrected chi connectivity index (χ2v) is 14.2. The molecule has 2 aromatic carbocycles. The molecule has 0 bridgehead atoms. The second kappa shape index (κ2) is 17.4. The molecule has 4 heteroatoms. The van der Waals surface area contributed by atoms with E-state index in [2.05, 4.69) is 131 Å². The van der Waals surface area contributed by atoms with Crippen molar-refractivity contribution in [1.29, 1.82) is 0 Å². The molecule has 0 spiro atoms. The van der Waals surface area contributed by atoms with Crippen molar-refractivity contribution in [3.05, 3.63) is 107 Å². The Labute approximate surface area is 220 Å². The van der Waals surface area contributed by atoms with Crippen LogP contribution in [0.3, 0.4) is 0 Å². The summed E-state index contributed by atoms with van der Waals surface area (Å²) < 4.78 is 0. The average molecular weight is 515 g/mol. The van der Waals surface area contributed by atoms with Crippen LogP contribution in [-0.4, -0.2) is 6.19 Å². The van der Waals surface area contributed by atoms with E-state index in [9.17, 15) is 0 Å². The van der Waals surface area contributed by atoms with E-state index in [-0.39, 0.29) is 31.0 Å². The van der Waals surface area contributed by atoms with Crippen LogP contribution in [0.4, 0.5) is 0 Å². The predicted molar refractivity (Wildman–Crippen MR) is 130 cm³/mol. The van der Waals surface area contributed by atoms with E-state index in [0.29, 0.717) is 0 Å². The van der Waals surface area contributed by atoms with Crippen molar-refractivity contribution in [2.45, 2.75) is 52.6 Å². The van der Waals surface area contributed by atoms with E-state index in [1.165, 1.54) is 33.4 Å². The monoisotopic (exact) mass is 514 g/mol. The summed E-state index contributed by atoms with van der Waals surface area (Å²) in [4.78, 5) is 0. The molecule has 0 N–H and O–H groups in total. The molecule has 0 saturated heterocycles. The van der Waals surface area contributed by atoms with Crippen molar-refractivity contribution in [3.8, 4) is 0 Å². The molecule has 0 saturated carbocycles. The predicted octanol–water partition coefficient (Wildman–Crippen LogP) is 2.02. The van der Waals surface area contributed by atoms with Crippen LogP contribution >= 0.6 is 0 Å². The fourth-order valence-electron chi connectivity index (χ4n) is 3.17. The zero-order valence-electron chi connectivity index (χ0n) is 19.5. The van der Waals surface area contributed by atoms with E-state index in [0.717, 1.165) is 25.7 Å². The van der Waals surface area contributed by atoms with Crippen LogP contribution in [0.2, 0.25) is 13.1 Å². The number of rotatable bonds is 4. The summed E-state index contributed by atoms with van der Waals surface area (Å²) in [5.74, 6) is 0. The summed E-state index contributed by atoms with van der Waals surface area (Å²) in [6.45, 7) is 8.88. The Kier molecular flexibility index (Phi) is 16.8. The van der Waals surface area contributed by atoms with Crippen LogP contribution in [0.25, 0.3) is 11.1 Å². The van der Waals surface area contributed by atoms with Crippen LogP contribution in [-0.2, 0) is 19.2 Å². The van der Waals surface area contributed by atoms with Crippen molar-refractivity contribution < 1.29 is 44.0 Å². The minimum absolute atomic E-state index is 0. The van der Waals surface area contributed by atoms with Gasteiger partial charge < -0.3 is 24.8 Å². The Morgan fingerprint density at radius 2 is 1.00 bits per heavy atom. The zero-order chi connectivity index (χ0) is 21.8. The first kappa shape index (κ1) is 30.9. The van der Waals surface area contributed by atoms with Gasteiger partial charge in [0.25, 0.3) is 0 Å². The fraction of sp³-hybridized carbons (Fsp3) is 0.286. The summed E-state index contributed by atoms with van der Waals surface area (Å²) in [5.41, 5.74) is 8.16. The molecule has 168 valence electrons. The van der Waals surface area contributed by atoms with Crippen molar-refractivity contribution >= 4 is 17.3 Å². The maximum atomic E-state index is 3.38. The summed E-state index contributed by atoms with van der Waals surface area (Å²) >= 11 is 2.27. The minimum atomic E-state index is 0. The fourth-order valence-corrected chi connectivity index (χ4v) is 3.17. The van der Waals surface area contributed by atoms with Crippen molar-refractivity contribution in [2.24, 2.45) is 0 Å². The molecular formula is C28H32Cl2SiTi-2. The van der Waals surface area contributed by atoms with Crippen LogP contribution in [0.1, 0.15) is 50.7 Å². The molecule has 0 amide bonds. The van der Waals surface area contributed by atoms with Gasteiger partial charge in [0.05, 0.1) is 0 Å². The molecule has 2 aliphatic rings. The molecule has 0 aliphatic heterocycles. The van der Waals surface area contributed by atoms with Gasteiger partial charge in [0, 0.05) is 0 Å². The van der Waals surface area contributed by atoms with Crippen molar-refractivity contribution in [2.75, 3.05) is 0 Å². The van der Waals surface area contributed by atoms with Gasteiger partial charge in [-0.2, -0.15) is 0 Å². The first-order valence-electron chi connectivity index (χ1n) is 10.8. The Balaban J connectivity index is 0.000000490. The minimum Gasteiger partial charge on any atom is -1.00 e. The van der Waals surface area contributed by atoms with E-state index in [1.807, 2.05) is 0 Å². The van der Waals surface area contributed by atoms with Gasteiger partial charge in [-0.05, 0) is 11.1 Å². The quantitative estimate of drug-likeness (QED) is 0.432. The Morgan fingerprint density at radius 1 is 0.688 bits per heavy atom. The third kappa shape index (κ3) is 11.2. The summed E-state index contributed by atoms with van der Waals surface area (Å²) in [6.07, 6.45) is 15.5. The van der Waals surface area contributed by atoms with E-state index in [4.69, 9.17) is 0 Å². The molecule has 0 unspecified atom stereocenters. The van der Waals surface area contributed by atoms with Crippen LogP contribution < -0.4 is 24.8 Å². The largest absolute Gasteiger partial charge is 1.00 e. The SMILES string of the molecule is CCC1=[C-]CC(c2ccccc2)=C1.CCC1=[C-]CC(c2ccccc2)=C1.C[Si](C)=[Ti+2].[Cl-].[Cl-]. The van der Waals surface area contributed by atoms with Crippen molar-refractivity contribution in [1.82, 2.24) is 0 Å². The number of benzene rings is 2. The molecule has 0 radical (unpaired) electrons. The molecule has 4 rings (SSSR count). The smallest absolute Gasteiger partial charge is 1.00 e. The number of halogens is 2. The van der Waals surface area contributed by atoms with Gasteiger partial charge in [0.15, 0.2) is 0 Å². The first-order chi connectivity index (χ1) is 14.5. The molecule has 0 nitrogen and oxygen atoms in total. The molecule has 32 heavy (non-hydrogen) atoms. The van der Waals surface area contributed by atoms with Gasteiger partial charge in [0.1, 0.15) is 0 Å². The summed E-state index contributed by atoms with van der Waals surface area (Å²) in [6, 6.07) is 21.1. The molecular weight excluding hydrogens is 483 g/mol. The van der Waals surface area contributed by atoms with Crippen LogP contribution in [0.5, 0.6) is 0 Å². The average Bonchev–Trinajstić information content (AvgIpc) is 3.45. The summed E-state index contributed by atoms with van der Waals surface area (Å²) in [7, 11) is 0. The van der Waals surface area contributed by atoms with E-state index < -0.39 is 0 Å². The Morgan fingerprint density at radius 3 is 1.25 bits per heavy atom. The molecule has 0 heterocycles. The molecule has 0 fully saturated rings. The van der Waals surface area contributed by atoms with Gasteiger partial charge in [0.2, 0.25) is 0 Å². The third-order valence-corrected chi connectivity index (χ3v) is 4.76. The topological polar surface area (TPSA) is 0 Å². The molecule has 0 atom stereocenters. The Hall–Kier alpha value is -1.09. The zero-order valence-corrected chi connectivity index (χ0v) is 23.6. The van der Waals surface area contributed by atoms with Gasteiger partial charge in [-0.15, -0.1) is 24.0 Å². The van der Waals surface area contributed by atoms with Crippen LogP contribution in [0.15, 0.2) is 84.0 Å². The second-order valence-electron chi connectivity index (χ2n) is 7.54.